The molecule has 5 heteroatoms. The van der Waals surface area contributed by atoms with E-state index in [1.54, 1.807) is 6.07 Å². The molecule has 0 aromatic heterocycles. The number of halogens is 3. The third-order valence-corrected chi connectivity index (χ3v) is 4.47. The van der Waals surface area contributed by atoms with E-state index in [4.69, 9.17) is 0 Å². The maximum absolute atomic E-state index is 13.2. The van der Waals surface area contributed by atoms with E-state index in [1.165, 1.54) is 12.1 Å². The Morgan fingerprint density at radius 1 is 1.15 bits per heavy atom. The van der Waals surface area contributed by atoms with Gasteiger partial charge in [0, 0.05) is 14.6 Å². The molecule has 0 spiro atoms. The summed E-state index contributed by atoms with van der Waals surface area (Å²) in [5, 5.41) is 13.1. The third kappa shape index (κ3) is 3.22. The first-order chi connectivity index (χ1) is 9.46. The van der Waals surface area contributed by atoms with Crippen LogP contribution in [0.5, 0.6) is 0 Å². The van der Waals surface area contributed by atoms with E-state index in [9.17, 15) is 9.50 Å². The number of aliphatic hydroxyl groups excluding tert-OH is 1. The molecule has 2 rings (SSSR count). The molecule has 0 aliphatic carbocycles. The van der Waals surface area contributed by atoms with Crippen molar-refractivity contribution in [2.24, 2.45) is 0 Å². The van der Waals surface area contributed by atoms with Crippen molar-refractivity contribution in [1.29, 1.82) is 0 Å². The summed E-state index contributed by atoms with van der Waals surface area (Å²) in [6.45, 7) is 1.74. The van der Waals surface area contributed by atoms with Gasteiger partial charge >= 0.3 is 0 Å². The highest BCUT2D eigenvalue weighted by molar-refractivity contribution is 9.11. The highest BCUT2D eigenvalue weighted by Crippen LogP contribution is 2.34. The molecule has 1 unspecified atom stereocenters. The van der Waals surface area contributed by atoms with Gasteiger partial charge < -0.3 is 10.4 Å². The Hall–Kier alpha value is -0.910. The zero-order valence-electron chi connectivity index (χ0n) is 10.8. The van der Waals surface area contributed by atoms with Crippen molar-refractivity contribution in [3.63, 3.8) is 0 Å². The van der Waals surface area contributed by atoms with Gasteiger partial charge in [-0.15, -0.1) is 0 Å². The van der Waals surface area contributed by atoms with Crippen molar-refractivity contribution in [2.75, 3.05) is 11.9 Å². The molecule has 1 atom stereocenters. The van der Waals surface area contributed by atoms with Crippen molar-refractivity contribution >= 4 is 37.5 Å². The summed E-state index contributed by atoms with van der Waals surface area (Å²) in [7, 11) is 0. The second-order valence-electron chi connectivity index (χ2n) is 4.72. The smallest absolute Gasteiger partial charge is 0.124 e. The molecular formula is C15H14Br2FNO. The number of hydrogen-bond donors (Lipinski definition) is 2. The number of para-hydroxylation sites is 1. The molecule has 0 saturated carbocycles. The van der Waals surface area contributed by atoms with Crippen LogP contribution in [0.15, 0.2) is 51.4 Å². The summed E-state index contributed by atoms with van der Waals surface area (Å²) in [6.07, 6.45) is 0. The fraction of sp³-hybridized carbons (Fsp3) is 0.200. The SMILES string of the molecule is CC(CO)(Nc1ccccc1Br)c1ccc(F)cc1Br. The Kier molecular flexibility index (Phi) is 4.83. The van der Waals surface area contributed by atoms with Crippen molar-refractivity contribution in [2.45, 2.75) is 12.5 Å². The Morgan fingerprint density at radius 2 is 1.85 bits per heavy atom. The van der Waals surface area contributed by atoms with E-state index in [1.807, 2.05) is 31.2 Å². The summed E-state index contributed by atoms with van der Waals surface area (Å²) in [4.78, 5) is 0. The minimum atomic E-state index is -0.726. The zero-order valence-corrected chi connectivity index (χ0v) is 14.0. The van der Waals surface area contributed by atoms with Crippen LogP contribution >= 0.6 is 31.9 Å². The fourth-order valence-electron chi connectivity index (χ4n) is 1.99. The highest BCUT2D eigenvalue weighted by Gasteiger charge is 2.28. The van der Waals surface area contributed by atoms with Crippen LogP contribution in [0, 0.1) is 5.82 Å². The third-order valence-electron chi connectivity index (χ3n) is 3.13. The van der Waals surface area contributed by atoms with Crippen molar-refractivity contribution in [3.05, 3.63) is 62.8 Å². The lowest BCUT2D eigenvalue weighted by molar-refractivity contribution is 0.223. The van der Waals surface area contributed by atoms with Crippen molar-refractivity contribution in [3.8, 4) is 0 Å². The summed E-state index contributed by atoms with van der Waals surface area (Å²) < 4.78 is 14.7. The largest absolute Gasteiger partial charge is 0.394 e. The predicted molar refractivity (Wildman–Crippen MR) is 86.3 cm³/mol. The lowest BCUT2D eigenvalue weighted by atomic mass is 9.92. The molecule has 0 heterocycles. The Labute approximate surface area is 134 Å². The Bertz CT molecular complexity index is 621. The summed E-state index contributed by atoms with van der Waals surface area (Å²) >= 11 is 6.82. The second-order valence-corrected chi connectivity index (χ2v) is 6.43. The standard InChI is InChI=1S/C15H14Br2FNO/c1-15(9-20,11-7-6-10(18)8-13(11)17)19-14-5-3-2-4-12(14)16/h2-8,19-20H,9H2,1H3. The van der Waals surface area contributed by atoms with Crippen LogP contribution in [0.4, 0.5) is 10.1 Å². The normalized spacial score (nSPS) is 13.8. The Balaban J connectivity index is 2.41. The van der Waals surface area contributed by atoms with Gasteiger partial charge in [0.05, 0.1) is 12.1 Å². The molecule has 2 aromatic rings. The maximum Gasteiger partial charge on any atom is 0.124 e. The van der Waals surface area contributed by atoms with Crippen LogP contribution in [0.25, 0.3) is 0 Å². The molecule has 0 aliphatic rings. The minimum Gasteiger partial charge on any atom is -0.394 e. The van der Waals surface area contributed by atoms with Gasteiger partial charge in [-0.3, -0.25) is 0 Å². The van der Waals surface area contributed by atoms with Gasteiger partial charge in [0.2, 0.25) is 0 Å². The first kappa shape index (κ1) is 15.5. The van der Waals surface area contributed by atoms with Crippen LogP contribution in [0.1, 0.15) is 12.5 Å². The number of benzene rings is 2. The number of anilines is 1. The lowest BCUT2D eigenvalue weighted by Gasteiger charge is -2.32. The number of aliphatic hydroxyl groups is 1. The monoisotopic (exact) mass is 401 g/mol. The zero-order chi connectivity index (χ0) is 14.8. The molecule has 106 valence electrons. The molecule has 2 N–H and O–H groups in total. The van der Waals surface area contributed by atoms with E-state index >= 15 is 0 Å². The Morgan fingerprint density at radius 3 is 2.45 bits per heavy atom. The minimum absolute atomic E-state index is 0.126. The lowest BCUT2D eigenvalue weighted by Crippen LogP contribution is -2.36. The number of nitrogens with one attached hydrogen (secondary N) is 1. The number of hydrogen-bond acceptors (Lipinski definition) is 2. The molecule has 0 saturated heterocycles. The van der Waals surface area contributed by atoms with E-state index < -0.39 is 5.54 Å². The van der Waals surface area contributed by atoms with Gasteiger partial charge in [-0.25, -0.2) is 4.39 Å². The van der Waals surface area contributed by atoms with E-state index in [0.717, 1.165) is 15.7 Å². The molecule has 0 radical (unpaired) electrons. The van der Waals surface area contributed by atoms with Crippen LogP contribution in [0.2, 0.25) is 0 Å². The summed E-state index contributed by atoms with van der Waals surface area (Å²) in [6, 6.07) is 12.1. The fourth-order valence-corrected chi connectivity index (χ4v) is 3.16. The van der Waals surface area contributed by atoms with Gasteiger partial charge in [-0.2, -0.15) is 0 Å². The molecule has 0 amide bonds. The molecule has 0 aliphatic heterocycles. The topological polar surface area (TPSA) is 32.3 Å². The van der Waals surface area contributed by atoms with Crippen molar-refractivity contribution in [1.82, 2.24) is 0 Å². The number of rotatable bonds is 4. The maximum atomic E-state index is 13.2. The van der Waals surface area contributed by atoms with Gasteiger partial charge in [-0.1, -0.05) is 34.1 Å². The van der Waals surface area contributed by atoms with Crippen molar-refractivity contribution < 1.29 is 9.50 Å². The summed E-state index contributed by atoms with van der Waals surface area (Å²) in [5.74, 6) is -0.318. The van der Waals surface area contributed by atoms with Gasteiger partial charge in [0.1, 0.15) is 5.82 Å². The van der Waals surface area contributed by atoms with Crippen LogP contribution in [-0.4, -0.2) is 11.7 Å². The molecule has 0 bridgehead atoms. The quantitative estimate of drug-likeness (QED) is 0.778. The predicted octanol–water partition coefficient (Wildman–Crippen LogP) is 4.67. The molecular weight excluding hydrogens is 389 g/mol. The molecule has 0 fully saturated rings. The van der Waals surface area contributed by atoms with E-state index in [2.05, 4.69) is 37.2 Å². The van der Waals surface area contributed by atoms with Gasteiger partial charge in [-0.05, 0) is 52.7 Å². The molecule has 20 heavy (non-hydrogen) atoms. The second kappa shape index (κ2) is 6.24. The average Bonchev–Trinajstić information content (AvgIpc) is 2.41. The van der Waals surface area contributed by atoms with E-state index in [-0.39, 0.29) is 12.4 Å². The summed E-state index contributed by atoms with van der Waals surface area (Å²) in [5.41, 5.74) is 0.925. The van der Waals surface area contributed by atoms with Crippen LogP contribution < -0.4 is 5.32 Å². The van der Waals surface area contributed by atoms with Gasteiger partial charge in [0.15, 0.2) is 0 Å². The van der Waals surface area contributed by atoms with Gasteiger partial charge in [0.25, 0.3) is 0 Å². The van der Waals surface area contributed by atoms with E-state index in [0.29, 0.717) is 4.47 Å². The highest BCUT2D eigenvalue weighted by atomic mass is 79.9. The average molecular weight is 403 g/mol. The molecule has 2 nitrogen and oxygen atoms in total. The molecule has 2 aromatic carbocycles. The first-order valence-corrected chi connectivity index (χ1v) is 7.64. The van der Waals surface area contributed by atoms with Crippen LogP contribution in [0.3, 0.4) is 0 Å². The first-order valence-electron chi connectivity index (χ1n) is 6.05. The van der Waals surface area contributed by atoms with Crippen LogP contribution in [-0.2, 0) is 5.54 Å².